The van der Waals surface area contributed by atoms with E-state index in [9.17, 15) is 13.2 Å². The molecule has 1 saturated heterocycles. The standard InChI is InChI=1S/C18H30N4O4S/c1-13-16(14(2)26-21-13)27(24,25)22-18(8-3-4-9-18)17(23)20-11-7-15-6-5-10-19-12-15/h15,19,22H,3-12H2,1-2H3,(H,20,23). The largest absolute Gasteiger partial charge is 0.360 e. The molecule has 1 atom stereocenters. The van der Waals surface area contributed by atoms with E-state index in [2.05, 4.69) is 20.5 Å². The molecule has 152 valence electrons. The van der Waals surface area contributed by atoms with Crippen LogP contribution >= 0.6 is 0 Å². The number of sulfonamides is 1. The van der Waals surface area contributed by atoms with Crippen molar-refractivity contribution in [3.8, 4) is 0 Å². The molecule has 2 fully saturated rings. The van der Waals surface area contributed by atoms with Gasteiger partial charge in [0.15, 0.2) is 5.76 Å². The minimum Gasteiger partial charge on any atom is -0.360 e. The van der Waals surface area contributed by atoms with Crippen molar-refractivity contribution in [1.29, 1.82) is 0 Å². The molecule has 1 aromatic rings. The Bertz CT molecular complexity index is 743. The molecule has 2 aliphatic rings. The van der Waals surface area contributed by atoms with Crippen LogP contribution in [-0.2, 0) is 14.8 Å². The maximum atomic E-state index is 12.9. The van der Waals surface area contributed by atoms with Gasteiger partial charge in [-0.3, -0.25) is 4.79 Å². The summed E-state index contributed by atoms with van der Waals surface area (Å²) in [4.78, 5) is 13.0. The molecule has 3 rings (SSSR count). The van der Waals surface area contributed by atoms with Gasteiger partial charge >= 0.3 is 0 Å². The third-order valence-electron chi connectivity index (χ3n) is 5.70. The molecule has 1 aliphatic heterocycles. The summed E-state index contributed by atoms with van der Waals surface area (Å²) in [5.41, 5.74) is -0.780. The van der Waals surface area contributed by atoms with Crippen molar-refractivity contribution in [1.82, 2.24) is 20.5 Å². The molecule has 0 bridgehead atoms. The van der Waals surface area contributed by atoms with E-state index in [4.69, 9.17) is 4.52 Å². The highest BCUT2D eigenvalue weighted by atomic mass is 32.2. The molecule has 1 unspecified atom stereocenters. The topological polar surface area (TPSA) is 113 Å². The first-order valence-corrected chi connectivity index (χ1v) is 11.3. The number of aromatic nitrogens is 1. The summed E-state index contributed by atoms with van der Waals surface area (Å²) in [5, 5.41) is 10.1. The van der Waals surface area contributed by atoms with Crippen molar-refractivity contribution in [3.63, 3.8) is 0 Å². The fourth-order valence-electron chi connectivity index (χ4n) is 4.25. The molecule has 1 amide bonds. The molecular weight excluding hydrogens is 368 g/mol. The van der Waals surface area contributed by atoms with Crippen LogP contribution in [0.1, 0.15) is 56.4 Å². The van der Waals surface area contributed by atoms with E-state index in [1.165, 1.54) is 12.8 Å². The molecule has 27 heavy (non-hydrogen) atoms. The van der Waals surface area contributed by atoms with Gasteiger partial charge in [-0.05, 0) is 65.0 Å². The normalized spacial score (nSPS) is 22.7. The predicted molar refractivity (Wildman–Crippen MR) is 101 cm³/mol. The summed E-state index contributed by atoms with van der Waals surface area (Å²) in [6.45, 7) is 5.77. The lowest BCUT2D eigenvalue weighted by atomic mass is 9.95. The van der Waals surface area contributed by atoms with Crippen LogP contribution in [0, 0.1) is 19.8 Å². The van der Waals surface area contributed by atoms with E-state index in [-0.39, 0.29) is 16.6 Å². The van der Waals surface area contributed by atoms with Crippen LogP contribution in [0.2, 0.25) is 0 Å². The molecular formula is C18H30N4O4S. The number of amides is 1. The smallest absolute Gasteiger partial charge is 0.246 e. The number of nitrogens with one attached hydrogen (secondary N) is 3. The zero-order valence-electron chi connectivity index (χ0n) is 16.1. The number of aryl methyl sites for hydroxylation is 2. The van der Waals surface area contributed by atoms with Crippen LogP contribution in [0.15, 0.2) is 9.42 Å². The molecule has 0 radical (unpaired) electrons. The first-order valence-electron chi connectivity index (χ1n) is 9.80. The quantitative estimate of drug-likeness (QED) is 0.640. The lowest BCUT2D eigenvalue weighted by Gasteiger charge is -2.29. The molecule has 1 aromatic heterocycles. The second kappa shape index (κ2) is 8.28. The fourth-order valence-corrected chi connectivity index (χ4v) is 6.01. The summed E-state index contributed by atoms with van der Waals surface area (Å²) >= 11 is 0. The summed E-state index contributed by atoms with van der Waals surface area (Å²) in [6, 6.07) is 0. The Kier molecular flexibility index (Phi) is 6.22. The number of nitrogens with zero attached hydrogens (tertiary/aromatic N) is 1. The van der Waals surface area contributed by atoms with E-state index in [0.717, 1.165) is 32.4 Å². The van der Waals surface area contributed by atoms with Gasteiger partial charge in [0, 0.05) is 6.54 Å². The lowest BCUT2D eigenvalue weighted by molar-refractivity contribution is -0.126. The predicted octanol–water partition coefficient (Wildman–Crippen LogP) is 1.39. The summed E-state index contributed by atoms with van der Waals surface area (Å²) in [7, 11) is -3.89. The molecule has 0 aromatic carbocycles. The van der Waals surface area contributed by atoms with E-state index >= 15 is 0 Å². The highest BCUT2D eigenvalue weighted by molar-refractivity contribution is 7.89. The van der Waals surface area contributed by atoms with Crippen LogP contribution in [0.5, 0.6) is 0 Å². The first-order chi connectivity index (χ1) is 12.8. The summed E-state index contributed by atoms with van der Waals surface area (Å²) < 4.78 is 33.5. The van der Waals surface area contributed by atoms with Gasteiger partial charge in [0.05, 0.1) is 0 Å². The van der Waals surface area contributed by atoms with Gasteiger partial charge in [-0.1, -0.05) is 18.0 Å². The molecule has 3 N–H and O–H groups in total. The number of hydrogen-bond donors (Lipinski definition) is 3. The number of carbonyl (C=O) groups excluding carboxylic acids is 1. The van der Waals surface area contributed by atoms with E-state index in [1.807, 2.05) is 0 Å². The molecule has 1 aliphatic carbocycles. The minimum atomic E-state index is -3.89. The monoisotopic (exact) mass is 398 g/mol. The Morgan fingerprint density at radius 1 is 1.30 bits per heavy atom. The van der Waals surface area contributed by atoms with Crippen molar-refractivity contribution < 1.29 is 17.7 Å². The maximum Gasteiger partial charge on any atom is 0.246 e. The van der Waals surface area contributed by atoms with E-state index < -0.39 is 15.6 Å². The third kappa shape index (κ3) is 4.52. The third-order valence-corrected chi connectivity index (χ3v) is 7.47. The van der Waals surface area contributed by atoms with Gasteiger partial charge in [-0.2, -0.15) is 4.72 Å². The maximum absolute atomic E-state index is 12.9. The fraction of sp³-hybridized carbons (Fsp3) is 0.778. The molecule has 9 heteroatoms. The van der Waals surface area contributed by atoms with Gasteiger partial charge in [-0.25, -0.2) is 8.42 Å². The zero-order valence-corrected chi connectivity index (χ0v) is 17.0. The average molecular weight is 399 g/mol. The zero-order chi connectivity index (χ0) is 19.5. The van der Waals surface area contributed by atoms with Crippen molar-refractivity contribution in [3.05, 3.63) is 11.5 Å². The first kappa shape index (κ1) is 20.3. The second-order valence-electron chi connectivity index (χ2n) is 7.80. The van der Waals surface area contributed by atoms with Crippen LogP contribution in [0.4, 0.5) is 0 Å². The Morgan fingerprint density at radius 3 is 2.63 bits per heavy atom. The minimum absolute atomic E-state index is 0.0369. The van der Waals surface area contributed by atoms with Crippen LogP contribution in [0.25, 0.3) is 0 Å². The Morgan fingerprint density at radius 2 is 2.04 bits per heavy atom. The Hall–Kier alpha value is -1.45. The Balaban J connectivity index is 1.67. The second-order valence-corrected chi connectivity index (χ2v) is 9.42. The highest BCUT2D eigenvalue weighted by Gasteiger charge is 2.45. The Labute approximate surface area is 160 Å². The highest BCUT2D eigenvalue weighted by Crippen LogP contribution is 2.32. The number of carbonyl (C=O) groups is 1. The van der Waals surface area contributed by atoms with E-state index in [1.54, 1.807) is 13.8 Å². The van der Waals surface area contributed by atoms with E-state index in [0.29, 0.717) is 31.0 Å². The van der Waals surface area contributed by atoms with Crippen molar-refractivity contribution in [2.75, 3.05) is 19.6 Å². The number of hydrogen-bond acceptors (Lipinski definition) is 6. The summed E-state index contributed by atoms with van der Waals surface area (Å²) in [5.74, 6) is 0.579. The van der Waals surface area contributed by atoms with Gasteiger partial charge in [0.25, 0.3) is 0 Å². The van der Waals surface area contributed by atoms with Crippen molar-refractivity contribution in [2.24, 2.45) is 5.92 Å². The molecule has 2 heterocycles. The molecule has 8 nitrogen and oxygen atoms in total. The van der Waals surface area contributed by atoms with Crippen LogP contribution in [0.3, 0.4) is 0 Å². The molecule has 0 spiro atoms. The van der Waals surface area contributed by atoms with Gasteiger partial charge in [-0.15, -0.1) is 0 Å². The van der Waals surface area contributed by atoms with Gasteiger partial charge < -0.3 is 15.2 Å². The van der Waals surface area contributed by atoms with Gasteiger partial charge in [0.1, 0.15) is 16.1 Å². The molecule has 1 saturated carbocycles. The van der Waals surface area contributed by atoms with Gasteiger partial charge in [0.2, 0.25) is 15.9 Å². The number of rotatable bonds is 7. The van der Waals surface area contributed by atoms with Crippen LogP contribution < -0.4 is 15.4 Å². The van der Waals surface area contributed by atoms with Crippen molar-refractivity contribution in [2.45, 2.75) is 69.2 Å². The lowest BCUT2D eigenvalue weighted by Crippen LogP contribution is -2.57. The average Bonchev–Trinajstić information content (AvgIpc) is 3.23. The van der Waals surface area contributed by atoms with Crippen LogP contribution in [-0.4, -0.2) is 44.7 Å². The summed E-state index contributed by atoms with van der Waals surface area (Å²) in [6.07, 6.45) is 5.91. The van der Waals surface area contributed by atoms with Crippen molar-refractivity contribution >= 4 is 15.9 Å². The number of piperidine rings is 1. The SMILES string of the molecule is Cc1noc(C)c1S(=O)(=O)NC1(C(=O)NCCC2CCCNC2)CCCC1.